The number of fused-ring (bicyclic) bond motifs is 1. The molecule has 0 spiro atoms. The minimum atomic E-state index is -1.29. The van der Waals surface area contributed by atoms with Crippen molar-refractivity contribution in [3.05, 3.63) is 34.9 Å². The molecule has 0 aliphatic carbocycles. The van der Waals surface area contributed by atoms with Crippen LogP contribution in [0, 0.1) is 6.92 Å². The number of aldehydes is 1. The number of phenols is 2. The molecule has 4 heteroatoms. The molecule has 3 N–H and O–H groups in total. The van der Waals surface area contributed by atoms with Gasteiger partial charge in [0, 0.05) is 16.5 Å². The Bertz CT molecular complexity index is 666. The number of carbonyl (C=O) groups excluding carboxylic acids is 1. The van der Waals surface area contributed by atoms with Gasteiger partial charge in [0.25, 0.3) is 0 Å². The highest BCUT2D eigenvalue weighted by Crippen LogP contribution is 2.43. The summed E-state index contributed by atoms with van der Waals surface area (Å²) in [6.45, 7) is 4.88. The summed E-state index contributed by atoms with van der Waals surface area (Å²) in [6.07, 6.45) is 0.630. The molecule has 0 saturated heterocycles. The summed E-state index contributed by atoms with van der Waals surface area (Å²) in [5, 5.41) is 31.1. The van der Waals surface area contributed by atoms with Crippen molar-refractivity contribution in [3.8, 4) is 11.5 Å². The Morgan fingerprint density at radius 3 is 2.32 bits per heavy atom. The standard InChI is InChI=1S/C15H16O4/c1-8-4-5-9(7-16)12-10(8)6-11(15(2,3)19)13(17)14(12)18/h4-7,17-19H,1-3H3. The molecule has 0 saturated carbocycles. The third kappa shape index (κ3) is 2.04. The Balaban J connectivity index is 3.00. The molecule has 0 atom stereocenters. The van der Waals surface area contributed by atoms with Crippen LogP contribution in [0.4, 0.5) is 0 Å². The number of aryl methyl sites for hydroxylation is 1. The van der Waals surface area contributed by atoms with Crippen LogP contribution in [0.15, 0.2) is 18.2 Å². The maximum atomic E-state index is 11.0. The number of carbonyl (C=O) groups is 1. The highest BCUT2D eigenvalue weighted by molar-refractivity contribution is 6.04. The summed E-state index contributed by atoms with van der Waals surface area (Å²) in [5.74, 6) is -0.769. The molecule has 0 heterocycles. The van der Waals surface area contributed by atoms with E-state index in [9.17, 15) is 20.1 Å². The zero-order valence-corrected chi connectivity index (χ0v) is 11.1. The van der Waals surface area contributed by atoms with Gasteiger partial charge < -0.3 is 15.3 Å². The molecule has 0 aromatic heterocycles. The number of hydrogen-bond acceptors (Lipinski definition) is 4. The fourth-order valence-corrected chi connectivity index (χ4v) is 2.21. The fraction of sp³-hybridized carbons (Fsp3) is 0.267. The second-order valence-electron chi connectivity index (χ2n) is 5.19. The predicted octanol–water partition coefficient (Wildman–Crippen LogP) is 2.60. The minimum absolute atomic E-state index is 0.226. The highest BCUT2D eigenvalue weighted by Gasteiger charge is 2.25. The SMILES string of the molecule is Cc1ccc(C=O)c2c(O)c(O)c(C(C)(C)O)cc12. The van der Waals surface area contributed by atoms with E-state index in [1.54, 1.807) is 18.2 Å². The van der Waals surface area contributed by atoms with Crippen LogP contribution >= 0.6 is 0 Å². The van der Waals surface area contributed by atoms with Crippen LogP contribution in [0.1, 0.15) is 35.3 Å². The van der Waals surface area contributed by atoms with E-state index in [-0.39, 0.29) is 11.3 Å². The van der Waals surface area contributed by atoms with Crippen molar-refractivity contribution in [2.45, 2.75) is 26.4 Å². The molecule has 0 radical (unpaired) electrons. The van der Waals surface area contributed by atoms with Crippen LogP contribution < -0.4 is 0 Å². The van der Waals surface area contributed by atoms with Crippen LogP contribution in [0.5, 0.6) is 11.5 Å². The molecule has 0 aliphatic heterocycles. The maximum absolute atomic E-state index is 11.0. The molecular formula is C15H16O4. The molecule has 100 valence electrons. The molecule has 0 aliphatic rings. The summed E-state index contributed by atoms with van der Waals surface area (Å²) in [4.78, 5) is 11.0. The summed E-state index contributed by atoms with van der Waals surface area (Å²) < 4.78 is 0. The van der Waals surface area contributed by atoms with Crippen LogP contribution in [0.2, 0.25) is 0 Å². The molecule has 0 fully saturated rings. The lowest BCUT2D eigenvalue weighted by atomic mass is 9.90. The monoisotopic (exact) mass is 260 g/mol. The summed E-state index contributed by atoms with van der Waals surface area (Å²) in [5.41, 5.74) is 0.0834. The molecule has 0 bridgehead atoms. The van der Waals surface area contributed by atoms with Crippen LogP contribution in [-0.2, 0) is 5.60 Å². The Labute approximate surface area is 110 Å². The Kier molecular flexibility index (Phi) is 2.98. The van der Waals surface area contributed by atoms with E-state index in [0.29, 0.717) is 22.6 Å². The molecule has 0 unspecified atom stereocenters. The first-order chi connectivity index (χ1) is 8.77. The lowest BCUT2D eigenvalue weighted by molar-refractivity contribution is 0.0755. The van der Waals surface area contributed by atoms with Crippen molar-refractivity contribution in [3.63, 3.8) is 0 Å². The van der Waals surface area contributed by atoms with E-state index >= 15 is 0 Å². The quantitative estimate of drug-likeness (QED) is 0.573. The third-order valence-corrected chi connectivity index (χ3v) is 3.29. The van der Waals surface area contributed by atoms with Crippen LogP contribution in [0.25, 0.3) is 10.8 Å². The van der Waals surface area contributed by atoms with E-state index in [0.717, 1.165) is 5.56 Å². The molecule has 0 amide bonds. The Morgan fingerprint density at radius 2 is 1.79 bits per heavy atom. The number of aromatic hydroxyl groups is 2. The van der Waals surface area contributed by atoms with E-state index < -0.39 is 11.4 Å². The average Bonchev–Trinajstić information content (AvgIpc) is 2.32. The van der Waals surface area contributed by atoms with Gasteiger partial charge in [-0.3, -0.25) is 4.79 Å². The average molecular weight is 260 g/mol. The molecule has 2 rings (SSSR count). The predicted molar refractivity (Wildman–Crippen MR) is 72.6 cm³/mol. The minimum Gasteiger partial charge on any atom is -0.504 e. The second kappa shape index (κ2) is 4.24. The number of hydrogen-bond donors (Lipinski definition) is 3. The maximum Gasteiger partial charge on any atom is 0.166 e. The van der Waals surface area contributed by atoms with Gasteiger partial charge in [-0.2, -0.15) is 0 Å². The van der Waals surface area contributed by atoms with E-state index in [1.807, 2.05) is 6.92 Å². The topological polar surface area (TPSA) is 77.8 Å². The first-order valence-corrected chi connectivity index (χ1v) is 5.93. The molecule has 2 aromatic rings. The van der Waals surface area contributed by atoms with Gasteiger partial charge in [0.15, 0.2) is 17.8 Å². The zero-order chi connectivity index (χ0) is 14.4. The van der Waals surface area contributed by atoms with Crippen molar-refractivity contribution in [2.24, 2.45) is 0 Å². The van der Waals surface area contributed by atoms with E-state index in [4.69, 9.17) is 0 Å². The summed E-state index contributed by atoms with van der Waals surface area (Å²) in [7, 11) is 0. The first kappa shape index (κ1) is 13.4. The van der Waals surface area contributed by atoms with Crippen molar-refractivity contribution in [1.29, 1.82) is 0 Å². The number of phenolic OH excluding ortho intramolecular Hbond substituents is 2. The van der Waals surface area contributed by atoms with Crippen molar-refractivity contribution < 1.29 is 20.1 Å². The lowest BCUT2D eigenvalue weighted by Gasteiger charge is -2.21. The van der Waals surface area contributed by atoms with Crippen LogP contribution in [-0.4, -0.2) is 21.6 Å². The Hall–Kier alpha value is -2.07. The fourth-order valence-electron chi connectivity index (χ4n) is 2.21. The Morgan fingerprint density at radius 1 is 1.16 bits per heavy atom. The summed E-state index contributed by atoms with van der Waals surface area (Å²) >= 11 is 0. The zero-order valence-electron chi connectivity index (χ0n) is 11.1. The first-order valence-electron chi connectivity index (χ1n) is 5.93. The third-order valence-electron chi connectivity index (χ3n) is 3.29. The largest absolute Gasteiger partial charge is 0.504 e. The van der Waals surface area contributed by atoms with Gasteiger partial charge in [-0.25, -0.2) is 0 Å². The van der Waals surface area contributed by atoms with Gasteiger partial charge in [-0.1, -0.05) is 12.1 Å². The smallest absolute Gasteiger partial charge is 0.166 e. The molecule has 2 aromatic carbocycles. The van der Waals surface area contributed by atoms with E-state index in [1.165, 1.54) is 13.8 Å². The highest BCUT2D eigenvalue weighted by atomic mass is 16.3. The van der Waals surface area contributed by atoms with Crippen molar-refractivity contribution in [2.75, 3.05) is 0 Å². The number of aliphatic hydroxyl groups is 1. The summed E-state index contributed by atoms with van der Waals surface area (Å²) in [6, 6.07) is 4.96. The van der Waals surface area contributed by atoms with Gasteiger partial charge in [0.05, 0.1) is 5.60 Å². The van der Waals surface area contributed by atoms with Crippen molar-refractivity contribution >= 4 is 17.1 Å². The van der Waals surface area contributed by atoms with Gasteiger partial charge in [0.1, 0.15) is 0 Å². The van der Waals surface area contributed by atoms with Crippen molar-refractivity contribution in [1.82, 2.24) is 0 Å². The molecule has 19 heavy (non-hydrogen) atoms. The van der Waals surface area contributed by atoms with E-state index in [2.05, 4.69) is 0 Å². The van der Waals surface area contributed by atoms with Gasteiger partial charge in [0.2, 0.25) is 0 Å². The van der Waals surface area contributed by atoms with Gasteiger partial charge in [-0.05, 0) is 37.8 Å². The molecular weight excluding hydrogens is 244 g/mol. The second-order valence-corrected chi connectivity index (χ2v) is 5.19. The normalized spacial score (nSPS) is 11.8. The van der Waals surface area contributed by atoms with Crippen LogP contribution in [0.3, 0.4) is 0 Å². The lowest BCUT2D eigenvalue weighted by Crippen LogP contribution is -2.15. The molecule has 4 nitrogen and oxygen atoms in total. The number of rotatable bonds is 2. The van der Waals surface area contributed by atoms with Gasteiger partial charge >= 0.3 is 0 Å². The number of benzene rings is 2. The van der Waals surface area contributed by atoms with Gasteiger partial charge in [-0.15, -0.1) is 0 Å².